The first kappa shape index (κ1) is 15.4. The van der Waals surface area contributed by atoms with Gasteiger partial charge in [0.25, 0.3) is 0 Å². The van der Waals surface area contributed by atoms with Crippen LogP contribution in [0.4, 0.5) is 14.5 Å². The average Bonchev–Trinajstić information content (AvgIpc) is 2.81. The molecule has 1 atom stereocenters. The molecule has 1 aromatic carbocycles. The number of ether oxygens (including phenoxy) is 1. The second-order valence-electron chi connectivity index (χ2n) is 4.76. The Labute approximate surface area is 120 Å². The average molecular weight is 298 g/mol. The first-order valence-electron chi connectivity index (χ1n) is 6.55. The van der Waals surface area contributed by atoms with Crippen molar-refractivity contribution >= 4 is 17.5 Å². The molecule has 1 N–H and O–H groups in total. The molecule has 114 valence electrons. The summed E-state index contributed by atoms with van der Waals surface area (Å²) in [5, 5.41) is 2.62. The number of methoxy groups -OCH3 is 1. The second-order valence-corrected chi connectivity index (χ2v) is 4.76. The van der Waals surface area contributed by atoms with Gasteiger partial charge in [-0.1, -0.05) is 6.07 Å². The Morgan fingerprint density at radius 1 is 1.43 bits per heavy atom. The summed E-state index contributed by atoms with van der Waals surface area (Å²) in [6.45, 7) is 0.654. The number of benzene rings is 1. The van der Waals surface area contributed by atoms with Gasteiger partial charge in [0.05, 0.1) is 12.5 Å². The molecule has 0 aliphatic carbocycles. The highest BCUT2D eigenvalue weighted by Crippen LogP contribution is 2.29. The predicted octanol–water partition coefficient (Wildman–Crippen LogP) is 1.08. The third-order valence-corrected chi connectivity index (χ3v) is 3.31. The van der Waals surface area contributed by atoms with Gasteiger partial charge in [-0.15, -0.1) is 0 Å². The van der Waals surface area contributed by atoms with Crippen LogP contribution in [0, 0.1) is 17.6 Å². The number of anilines is 1. The van der Waals surface area contributed by atoms with Crippen LogP contribution in [0.1, 0.15) is 6.42 Å². The highest BCUT2D eigenvalue weighted by Gasteiger charge is 2.37. The SMILES string of the molecule is COCCNC(=O)C1CC(=O)N(c2c(F)cccc2F)C1. The molecule has 0 aromatic heterocycles. The van der Waals surface area contributed by atoms with Gasteiger partial charge in [-0.05, 0) is 12.1 Å². The molecule has 5 nitrogen and oxygen atoms in total. The van der Waals surface area contributed by atoms with Crippen molar-refractivity contribution < 1.29 is 23.1 Å². The van der Waals surface area contributed by atoms with Gasteiger partial charge < -0.3 is 15.0 Å². The maximum atomic E-state index is 13.7. The Balaban J connectivity index is 2.08. The monoisotopic (exact) mass is 298 g/mol. The Bertz CT molecular complexity index is 531. The maximum absolute atomic E-state index is 13.7. The molecule has 0 radical (unpaired) electrons. The van der Waals surface area contributed by atoms with Gasteiger partial charge in [0.1, 0.15) is 17.3 Å². The van der Waals surface area contributed by atoms with E-state index in [1.807, 2.05) is 0 Å². The smallest absolute Gasteiger partial charge is 0.228 e. The third kappa shape index (κ3) is 3.36. The van der Waals surface area contributed by atoms with Crippen molar-refractivity contribution in [2.45, 2.75) is 6.42 Å². The van der Waals surface area contributed by atoms with Crippen molar-refractivity contribution in [2.75, 3.05) is 31.7 Å². The largest absolute Gasteiger partial charge is 0.383 e. The van der Waals surface area contributed by atoms with Crippen LogP contribution >= 0.6 is 0 Å². The van der Waals surface area contributed by atoms with Crippen molar-refractivity contribution in [1.29, 1.82) is 0 Å². The van der Waals surface area contributed by atoms with E-state index in [1.165, 1.54) is 13.2 Å². The molecule has 0 spiro atoms. The third-order valence-electron chi connectivity index (χ3n) is 3.31. The second kappa shape index (κ2) is 6.62. The first-order chi connectivity index (χ1) is 10.0. The van der Waals surface area contributed by atoms with Crippen LogP contribution in [0.15, 0.2) is 18.2 Å². The van der Waals surface area contributed by atoms with Crippen molar-refractivity contribution in [3.8, 4) is 0 Å². The van der Waals surface area contributed by atoms with E-state index in [4.69, 9.17) is 4.74 Å². The van der Waals surface area contributed by atoms with Crippen molar-refractivity contribution in [1.82, 2.24) is 5.32 Å². The van der Waals surface area contributed by atoms with E-state index in [0.717, 1.165) is 17.0 Å². The van der Waals surface area contributed by atoms with Gasteiger partial charge in [0.2, 0.25) is 11.8 Å². The molecular formula is C14H16F2N2O3. The van der Waals surface area contributed by atoms with Gasteiger partial charge in [0, 0.05) is 26.6 Å². The summed E-state index contributed by atoms with van der Waals surface area (Å²) in [5.74, 6) is -3.04. The Kier molecular flexibility index (Phi) is 4.85. The molecule has 1 aliphatic heterocycles. The fourth-order valence-electron chi connectivity index (χ4n) is 2.27. The number of hydrogen-bond donors (Lipinski definition) is 1. The standard InChI is InChI=1S/C14H16F2N2O3/c1-21-6-5-17-14(20)9-7-12(19)18(8-9)13-10(15)3-2-4-11(13)16/h2-4,9H,5-8H2,1H3,(H,17,20). The molecule has 1 saturated heterocycles. The molecule has 1 fully saturated rings. The zero-order valence-corrected chi connectivity index (χ0v) is 11.6. The fraction of sp³-hybridized carbons (Fsp3) is 0.429. The van der Waals surface area contributed by atoms with E-state index < -0.39 is 29.1 Å². The lowest BCUT2D eigenvalue weighted by Gasteiger charge is -2.18. The molecule has 2 amide bonds. The first-order valence-corrected chi connectivity index (χ1v) is 6.55. The van der Waals surface area contributed by atoms with Crippen LogP contribution < -0.4 is 10.2 Å². The van der Waals surface area contributed by atoms with E-state index >= 15 is 0 Å². The lowest BCUT2D eigenvalue weighted by molar-refractivity contribution is -0.126. The summed E-state index contributed by atoms with van der Waals surface area (Å²) in [4.78, 5) is 24.8. The number of amides is 2. The molecule has 2 rings (SSSR count). The van der Waals surface area contributed by atoms with Crippen LogP contribution in [0.3, 0.4) is 0 Å². The van der Waals surface area contributed by atoms with E-state index in [1.54, 1.807) is 0 Å². The molecule has 21 heavy (non-hydrogen) atoms. The quantitative estimate of drug-likeness (QED) is 0.828. The van der Waals surface area contributed by atoms with Crippen LogP contribution in [-0.2, 0) is 14.3 Å². The molecule has 0 bridgehead atoms. The van der Waals surface area contributed by atoms with Gasteiger partial charge in [-0.3, -0.25) is 9.59 Å². The van der Waals surface area contributed by atoms with Crippen LogP contribution in [0.25, 0.3) is 0 Å². The number of para-hydroxylation sites is 1. The number of nitrogens with zero attached hydrogens (tertiary/aromatic N) is 1. The topological polar surface area (TPSA) is 58.6 Å². The normalized spacial score (nSPS) is 18.1. The Hall–Kier alpha value is -2.02. The van der Waals surface area contributed by atoms with Crippen molar-refractivity contribution in [3.05, 3.63) is 29.8 Å². The van der Waals surface area contributed by atoms with Crippen molar-refractivity contribution in [3.63, 3.8) is 0 Å². The summed E-state index contributed by atoms with van der Waals surface area (Å²) in [6.07, 6.45) is -0.0629. The van der Waals surface area contributed by atoms with Crippen LogP contribution in [-0.4, -0.2) is 38.6 Å². The maximum Gasteiger partial charge on any atom is 0.228 e. The fourth-order valence-corrected chi connectivity index (χ4v) is 2.27. The van der Waals surface area contributed by atoms with E-state index in [-0.39, 0.29) is 18.9 Å². The minimum absolute atomic E-state index is 0.0322. The van der Waals surface area contributed by atoms with Crippen LogP contribution in [0.2, 0.25) is 0 Å². The molecule has 7 heteroatoms. The van der Waals surface area contributed by atoms with Gasteiger partial charge >= 0.3 is 0 Å². The number of hydrogen-bond acceptors (Lipinski definition) is 3. The number of halogens is 2. The van der Waals surface area contributed by atoms with Gasteiger partial charge in [-0.25, -0.2) is 8.78 Å². The molecule has 1 unspecified atom stereocenters. The highest BCUT2D eigenvalue weighted by molar-refractivity contribution is 6.00. The minimum Gasteiger partial charge on any atom is -0.383 e. The zero-order chi connectivity index (χ0) is 15.4. The lowest BCUT2D eigenvalue weighted by atomic mass is 10.1. The summed E-state index contributed by atoms with van der Waals surface area (Å²) in [7, 11) is 1.51. The van der Waals surface area contributed by atoms with Crippen LogP contribution in [0.5, 0.6) is 0 Å². The Morgan fingerprint density at radius 2 is 2.10 bits per heavy atom. The van der Waals surface area contributed by atoms with Crippen molar-refractivity contribution in [2.24, 2.45) is 5.92 Å². The van der Waals surface area contributed by atoms with Gasteiger partial charge in [0.15, 0.2) is 0 Å². The Morgan fingerprint density at radius 3 is 2.71 bits per heavy atom. The predicted molar refractivity (Wildman–Crippen MR) is 71.7 cm³/mol. The molecular weight excluding hydrogens is 282 g/mol. The number of carbonyl (C=O) groups is 2. The van der Waals surface area contributed by atoms with E-state index in [0.29, 0.717) is 13.2 Å². The number of nitrogens with one attached hydrogen (secondary N) is 1. The molecule has 1 heterocycles. The number of rotatable bonds is 5. The summed E-state index contributed by atoms with van der Waals surface area (Å²) in [6, 6.07) is 3.39. The van der Waals surface area contributed by atoms with Gasteiger partial charge in [-0.2, -0.15) is 0 Å². The summed E-state index contributed by atoms with van der Waals surface area (Å²) in [5.41, 5.74) is -0.394. The highest BCUT2D eigenvalue weighted by atomic mass is 19.1. The molecule has 1 aliphatic rings. The molecule has 0 saturated carbocycles. The molecule has 1 aromatic rings. The summed E-state index contributed by atoms with van der Waals surface area (Å²) >= 11 is 0. The minimum atomic E-state index is -0.816. The van der Waals surface area contributed by atoms with E-state index in [9.17, 15) is 18.4 Å². The lowest BCUT2D eigenvalue weighted by Crippen LogP contribution is -2.35. The number of carbonyl (C=O) groups excluding carboxylic acids is 2. The van der Waals surface area contributed by atoms with E-state index in [2.05, 4.69) is 5.32 Å². The summed E-state index contributed by atoms with van der Waals surface area (Å²) < 4.78 is 32.2. The zero-order valence-electron chi connectivity index (χ0n) is 11.6.